The summed E-state index contributed by atoms with van der Waals surface area (Å²) >= 11 is 0. The van der Waals surface area contributed by atoms with Gasteiger partial charge in [0.05, 0.1) is 12.8 Å². The minimum atomic E-state index is -0.500. The lowest BCUT2D eigenvalue weighted by atomic mass is 10.2. The Morgan fingerprint density at radius 1 is 1.38 bits per heavy atom. The van der Waals surface area contributed by atoms with E-state index in [4.69, 9.17) is 9.15 Å². The number of rotatable bonds is 5. The molecule has 1 amide bonds. The fourth-order valence-electron chi connectivity index (χ4n) is 2.59. The van der Waals surface area contributed by atoms with Crippen molar-refractivity contribution in [2.45, 2.75) is 19.3 Å². The zero-order chi connectivity index (χ0) is 17.1. The molecule has 0 saturated heterocycles. The van der Waals surface area contributed by atoms with Crippen LogP contribution in [0.15, 0.2) is 46.4 Å². The molecule has 0 spiro atoms. The Morgan fingerprint density at radius 2 is 2.12 bits per heavy atom. The number of methoxy groups -OCH3 is 1. The maximum Gasteiger partial charge on any atom is 0.266 e. The van der Waals surface area contributed by atoms with Crippen molar-refractivity contribution >= 4 is 17.7 Å². The molecule has 122 valence electrons. The number of furan rings is 1. The molecule has 1 heterocycles. The maximum atomic E-state index is 12.3. The lowest BCUT2D eigenvalue weighted by Crippen LogP contribution is -2.14. The Kier molecular flexibility index (Phi) is 4.39. The van der Waals surface area contributed by atoms with E-state index in [2.05, 4.69) is 12.2 Å². The second-order valence-electron chi connectivity index (χ2n) is 5.88. The minimum Gasteiger partial charge on any atom is -0.495 e. The molecule has 1 aliphatic carbocycles. The summed E-state index contributed by atoms with van der Waals surface area (Å²) in [5.74, 6) is 2.55. The normalized spacial score (nSPS) is 19.5. The number of amides is 1. The Balaban J connectivity index is 1.76. The van der Waals surface area contributed by atoms with E-state index in [-0.39, 0.29) is 5.57 Å². The first-order valence-electron chi connectivity index (χ1n) is 7.78. The molecule has 1 aliphatic rings. The van der Waals surface area contributed by atoms with E-state index in [1.165, 1.54) is 13.2 Å². The van der Waals surface area contributed by atoms with Crippen molar-refractivity contribution in [2.75, 3.05) is 12.4 Å². The van der Waals surface area contributed by atoms with Crippen molar-refractivity contribution in [3.63, 3.8) is 0 Å². The van der Waals surface area contributed by atoms with Crippen molar-refractivity contribution in [1.82, 2.24) is 0 Å². The van der Waals surface area contributed by atoms with Crippen molar-refractivity contribution in [1.29, 1.82) is 5.26 Å². The minimum absolute atomic E-state index is 0.0225. The van der Waals surface area contributed by atoms with Gasteiger partial charge in [-0.2, -0.15) is 5.26 Å². The van der Waals surface area contributed by atoms with Gasteiger partial charge in [-0.3, -0.25) is 4.79 Å². The number of para-hydroxylation sites is 2. The summed E-state index contributed by atoms with van der Waals surface area (Å²) in [5.41, 5.74) is 0.490. The number of benzene rings is 1. The molecule has 5 nitrogen and oxygen atoms in total. The predicted molar refractivity (Wildman–Crippen MR) is 90.4 cm³/mol. The topological polar surface area (TPSA) is 75.3 Å². The highest BCUT2D eigenvalue weighted by atomic mass is 16.5. The van der Waals surface area contributed by atoms with Crippen molar-refractivity contribution in [3.8, 4) is 11.8 Å². The number of hydrogen-bond donors (Lipinski definition) is 1. The number of nitriles is 1. The SMILES string of the molecule is COc1ccccc1NC(=O)C(C#N)=Cc1ccc(C2CC2C)o1. The average Bonchev–Trinajstić information content (AvgIpc) is 3.14. The van der Waals surface area contributed by atoms with Crippen LogP contribution in [0, 0.1) is 17.2 Å². The van der Waals surface area contributed by atoms with Gasteiger partial charge in [-0.05, 0) is 36.6 Å². The first-order chi connectivity index (χ1) is 11.6. The third-order valence-electron chi connectivity index (χ3n) is 4.13. The van der Waals surface area contributed by atoms with Gasteiger partial charge >= 0.3 is 0 Å². The van der Waals surface area contributed by atoms with Gasteiger partial charge in [-0.1, -0.05) is 19.1 Å². The van der Waals surface area contributed by atoms with Crippen LogP contribution in [-0.4, -0.2) is 13.0 Å². The Bertz CT molecular complexity index is 829. The molecule has 0 radical (unpaired) electrons. The molecular formula is C19H18N2O3. The first-order valence-corrected chi connectivity index (χ1v) is 7.78. The Labute approximate surface area is 140 Å². The third kappa shape index (κ3) is 3.33. The molecule has 1 N–H and O–H groups in total. The summed E-state index contributed by atoms with van der Waals surface area (Å²) < 4.78 is 10.9. The van der Waals surface area contributed by atoms with Crippen molar-refractivity contribution in [2.24, 2.45) is 5.92 Å². The van der Waals surface area contributed by atoms with E-state index in [9.17, 15) is 10.1 Å². The Hall–Kier alpha value is -3.00. The molecule has 0 aliphatic heterocycles. The highest BCUT2D eigenvalue weighted by molar-refractivity contribution is 6.10. The van der Waals surface area contributed by atoms with Crippen LogP contribution in [0.25, 0.3) is 6.08 Å². The highest BCUT2D eigenvalue weighted by Crippen LogP contribution is 2.47. The number of nitrogens with one attached hydrogen (secondary N) is 1. The zero-order valence-electron chi connectivity index (χ0n) is 13.6. The van der Waals surface area contributed by atoms with E-state index in [0.717, 1.165) is 12.2 Å². The van der Waals surface area contributed by atoms with Crippen molar-refractivity contribution < 1.29 is 13.9 Å². The van der Waals surface area contributed by atoms with E-state index in [1.54, 1.807) is 30.3 Å². The van der Waals surface area contributed by atoms with Crippen LogP contribution in [0.3, 0.4) is 0 Å². The fraction of sp³-hybridized carbons (Fsp3) is 0.263. The van der Waals surface area contributed by atoms with Crippen LogP contribution in [0.5, 0.6) is 5.75 Å². The molecule has 3 rings (SSSR count). The monoisotopic (exact) mass is 322 g/mol. The summed E-state index contributed by atoms with van der Waals surface area (Å²) in [5, 5.41) is 12.0. The Morgan fingerprint density at radius 3 is 2.79 bits per heavy atom. The fourth-order valence-corrected chi connectivity index (χ4v) is 2.59. The third-order valence-corrected chi connectivity index (χ3v) is 4.13. The summed E-state index contributed by atoms with van der Waals surface area (Å²) in [6, 6.07) is 12.7. The van der Waals surface area contributed by atoms with Crippen molar-refractivity contribution in [3.05, 3.63) is 53.5 Å². The lowest BCUT2D eigenvalue weighted by Gasteiger charge is -2.08. The molecule has 1 aromatic heterocycles. The van der Waals surface area contributed by atoms with Crippen LogP contribution in [-0.2, 0) is 4.79 Å². The molecule has 1 saturated carbocycles. The summed E-state index contributed by atoms with van der Waals surface area (Å²) in [4.78, 5) is 12.3. The van der Waals surface area contributed by atoms with Crippen LogP contribution >= 0.6 is 0 Å². The zero-order valence-corrected chi connectivity index (χ0v) is 13.6. The summed E-state index contributed by atoms with van der Waals surface area (Å²) in [6.07, 6.45) is 2.58. The summed E-state index contributed by atoms with van der Waals surface area (Å²) in [7, 11) is 1.52. The van der Waals surface area contributed by atoms with Gasteiger partial charge in [-0.15, -0.1) is 0 Å². The standard InChI is InChI=1S/C19H18N2O3/c1-12-9-15(12)17-8-7-14(24-17)10-13(11-20)19(22)21-16-5-3-4-6-18(16)23-2/h3-8,10,12,15H,9H2,1-2H3,(H,21,22). The quantitative estimate of drug-likeness (QED) is 0.668. The molecule has 2 aromatic rings. The summed E-state index contributed by atoms with van der Waals surface area (Å²) in [6.45, 7) is 2.17. The molecule has 5 heteroatoms. The number of carbonyl (C=O) groups excluding carboxylic acids is 1. The second kappa shape index (κ2) is 6.63. The number of anilines is 1. The van der Waals surface area contributed by atoms with Crippen LogP contribution in [0.1, 0.15) is 30.8 Å². The number of carbonyl (C=O) groups is 1. The second-order valence-corrected chi connectivity index (χ2v) is 5.88. The van der Waals surface area contributed by atoms with Gasteiger partial charge in [-0.25, -0.2) is 0 Å². The number of ether oxygens (including phenoxy) is 1. The molecule has 1 aromatic carbocycles. The number of nitrogens with zero attached hydrogens (tertiary/aromatic N) is 1. The molecule has 24 heavy (non-hydrogen) atoms. The molecule has 2 unspecified atom stereocenters. The molecule has 0 bridgehead atoms. The van der Waals surface area contributed by atoms with Gasteiger partial charge < -0.3 is 14.5 Å². The van der Waals surface area contributed by atoms with Crippen LogP contribution in [0.2, 0.25) is 0 Å². The molecule has 2 atom stereocenters. The van der Waals surface area contributed by atoms with E-state index < -0.39 is 5.91 Å². The largest absolute Gasteiger partial charge is 0.495 e. The van der Waals surface area contributed by atoms with Gasteiger partial charge in [0.2, 0.25) is 0 Å². The molecular weight excluding hydrogens is 304 g/mol. The average molecular weight is 322 g/mol. The smallest absolute Gasteiger partial charge is 0.266 e. The van der Waals surface area contributed by atoms with Gasteiger partial charge in [0.1, 0.15) is 28.9 Å². The highest BCUT2D eigenvalue weighted by Gasteiger charge is 2.36. The first kappa shape index (κ1) is 15.9. The van der Waals surface area contributed by atoms with E-state index in [1.807, 2.05) is 12.1 Å². The van der Waals surface area contributed by atoms with Gasteiger partial charge in [0, 0.05) is 12.0 Å². The lowest BCUT2D eigenvalue weighted by molar-refractivity contribution is -0.112. The van der Waals surface area contributed by atoms with Crippen LogP contribution < -0.4 is 10.1 Å². The number of hydrogen-bond acceptors (Lipinski definition) is 4. The maximum absolute atomic E-state index is 12.3. The van der Waals surface area contributed by atoms with Gasteiger partial charge in [0.15, 0.2) is 0 Å². The van der Waals surface area contributed by atoms with Gasteiger partial charge in [0.25, 0.3) is 5.91 Å². The predicted octanol–water partition coefficient (Wildman–Crippen LogP) is 3.96. The van der Waals surface area contributed by atoms with E-state index >= 15 is 0 Å². The van der Waals surface area contributed by atoms with Crippen LogP contribution in [0.4, 0.5) is 5.69 Å². The molecule has 1 fully saturated rings. The van der Waals surface area contributed by atoms with E-state index in [0.29, 0.717) is 29.0 Å².